The summed E-state index contributed by atoms with van der Waals surface area (Å²) in [5, 5.41) is 5.96. The van der Waals surface area contributed by atoms with Crippen LogP contribution in [0.15, 0.2) is 42.5 Å². The molecule has 27 heavy (non-hydrogen) atoms. The minimum Gasteiger partial charge on any atom is -0.347 e. The number of nitrogens with one attached hydrogen (secondary N) is 2. The molecule has 0 radical (unpaired) electrons. The molecule has 0 saturated carbocycles. The SMILES string of the molecule is CC(C)(C)NC(=O)c1ccccc1NC(=O)CSCc1c(F)cccc1Cl. The summed E-state index contributed by atoms with van der Waals surface area (Å²) in [4.78, 5) is 24.7. The minimum atomic E-state index is -0.389. The van der Waals surface area contributed by atoms with Gasteiger partial charge in [-0.2, -0.15) is 0 Å². The van der Waals surface area contributed by atoms with Crippen LogP contribution in [-0.4, -0.2) is 23.1 Å². The van der Waals surface area contributed by atoms with E-state index in [1.807, 2.05) is 20.8 Å². The summed E-state index contributed by atoms with van der Waals surface area (Å²) in [5.74, 6) is -0.530. The fourth-order valence-electron chi connectivity index (χ4n) is 2.30. The lowest BCUT2D eigenvalue weighted by Crippen LogP contribution is -2.40. The highest BCUT2D eigenvalue weighted by Crippen LogP contribution is 2.24. The van der Waals surface area contributed by atoms with Crippen LogP contribution in [0.2, 0.25) is 5.02 Å². The Bertz CT molecular complexity index is 817. The van der Waals surface area contributed by atoms with Crippen LogP contribution in [0.4, 0.5) is 10.1 Å². The highest BCUT2D eigenvalue weighted by Gasteiger charge is 2.18. The van der Waals surface area contributed by atoms with Gasteiger partial charge in [-0.3, -0.25) is 9.59 Å². The fourth-order valence-corrected chi connectivity index (χ4v) is 3.47. The Hall–Kier alpha value is -2.05. The van der Waals surface area contributed by atoms with Gasteiger partial charge in [-0.1, -0.05) is 29.8 Å². The molecule has 2 N–H and O–H groups in total. The first-order chi connectivity index (χ1) is 12.7. The summed E-state index contributed by atoms with van der Waals surface area (Å²) in [6.07, 6.45) is 0. The molecule has 0 atom stereocenters. The number of hydrogen-bond acceptors (Lipinski definition) is 3. The molecule has 0 aliphatic carbocycles. The van der Waals surface area contributed by atoms with E-state index in [-0.39, 0.29) is 34.7 Å². The third-order valence-electron chi connectivity index (χ3n) is 3.48. The molecule has 0 heterocycles. The molecule has 0 aliphatic heterocycles. The highest BCUT2D eigenvalue weighted by molar-refractivity contribution is 7.99. The monoisotopic (exact) mass is 408 g/mol. The van der Waals surface area contributed by atoms with Crippen molar-refractivity contribution in [2.45, 2.75) is 32.1 Å². The van der Waals surface area contributed by atoms with Crippen LogP contribution in [0.1, 0.15) is 36.7 Å². The first-order valence-electron chi connectivity index (χ1n) is 8.39. The molecule has 0 aromatic heterocycles. The zero-order chi connectivity index (χ0) is 20.0. The molecule has 0 bridgehead atoms. The molecule has 2 rings (SSSR count). The van der Waals surface area contributed by atoms with Crippen molar-refractivity contribution in [1.29, 1.82) is 0 Å². The van der Waals surface area contributed by atoms with Crippen LogP contribution >= 0.6 is 23.4 Å². The summed E-state index contributed by atoms with van der Waals surface area (Å²) < 4.78 is 13.8. The second kappa shape index (κ2) is 9.24. The molecular formula is C20H22ClFN2O2S. The quantitative estimate of drug-likeness (QED) is 0.716. The average molecular weight is 409 g/mol. The summed E-state index contributed by atoms with van der Waals surface area (Å²) in [6, 6.07) is 11.3. The van der Waals surface area contributed by atoms with Crippen molar-refractivity contribution < 1.29 is 14.0 Å². The van der Waals surface area contributed by atoms with E-state index < -0.39 is 0 Å². The second-order valence-corrected chi connectivity index (χ2v) is 8.38. The molecule has 7 heteroatoms. The van der Waals surface area contributed by atoms with Gasteiger partial charge in [0.15, 0.2) is 0 Å². The van der Waals surface area contributed by atoms with E-state index in [9.17, 15) is 14.0 Å². The standard InChI is InChI=1S/C20H22ClFN2O2S/c1-20(2,3)24-19(26)13-7-4-5-10-17(13)23-18(25)12-27-11-14-15(21)8-6-9-16(14)22/h4-10H,11-12H2,1-3H3,(H,23,25)(H,24,26). The number of hydrogen-bond donors (Lipinski definition) is 2. The summed E-state index contributed by atoms with van der Waals surface area (Å²) >= 11 is 7.23. The number of benzene rings is 2. The summed E-state index contributed by atoms with van der Waals surface area (Å²) in [5.41, 5.74) is 0.821. The number of rotatable bonds is 6. The van der Waals surface area contributed by atoms with Crippen LogP contribution in [0.3, 0.4) is 0 Å². The molecule has 0 fully saturated rings. The Kier molecular flexibility index (Phi) is 7.27. The van der Waals surface area contributed by atoms with Gasteiger partial charge in [0.1, 0.15) is 5.82 Å². The number of para-hydroxylation sites is 1. The molecule has 0 saturated heterocycles. The van der Waals surface area contributed by atoms with Crippen molar-refractivity contribution in [3.05, 3.63) is 64.4 Å². The van der Waals surface area contributed by atoms with E-state index in [0.717, 1.165) is 0 Å². The van der Waals surface area contributed by atoms with Crippen LogP contribution in [0.25, 0.3) is 0 Å². The molecule has 0 aliphatic rings. The van der Waals surface area contributed by atoms with Gasteiger partial charge in [-0.25, -0.2) is 4.39 Å². The summed E-state index contributed by atoms with van der Waals surface area (Å²) in [7, 11) is 0. The van der Waals surface area contributed by atoms with E-state index in [1.165, 1.54) is 23.9 Å². The zero-order valence-electron chi connectivity index (χ0n) is 15.4. The van der Waals surface area contributed by atoms with E-state index in [0.29, 0.717) is 21.8 Å². The predicted molar refractivity (Wildman–Crippen MR) is 110 cm³/mol. The lowest BCUT2D eigenvalue weighted by atomic mass is 10.1. The van der Waals surface area contributed by atoms with Gasteiger partial charge in [0, 0.05) is 21.9 Å². The van der Waals surface area contributed by atoms with Crippen LogP contribution in [0, 0.1) is 5.82 Å². The van der Waals surface area contributed by atoms with Crippen LogP contribution in [-0.2, 0) is 10.5 Å². The number of carbonyl (C=O) groups excluding carboxylic acids is 2. The maximum atomic E-state index is 13.8. The average Bonchev–Trinajstić information content (AvgIpc) is 2.56. The molecule has 4 nitrogen and oxygen atoms in total. The maximum absolute atomic E-state index is 13.8. The predicted octanol–water partition coefficient (Wildman–Crippen LogP) is 4.88. The Morgan fingerprint density at radius 2 is 1.81 bits per heavy atom. The number of anilines is 1. The third-order valence-corrected chi connectivity index (χ3v) is 4.79. The normalized spacial score (nSPS) is 11.1. The Morgan fingerprint density at radius 1 is 1.11 bits per heavy atom. The Morgan fingerprint density at radius 3 is 2.48 bits per heavy atom. The lowest BCUT2D eigenvalue weighted by molar-refractivity contribution is -0.113. The zero-order valence-corrected chi connectivity index (χ0v) is 17.0. The number of halogens is 2. The van der Waals surface area contributed by atoms with E-state index >= 15 is 0 Å². The number of thioether (sulfide) groups is 1. The van der Waals surface area contributed by atoms with E-state index in [1.54, 1.807) is 30.3 Å². The van der Waals surface area contributed by atoms with Crippen LogP contribution in [0.5, 0.6) is 0 Å². The van der Waals surface area contributed by atoms with Gasteiger partial charge in [0.25, 0.3) is 5.91 Å². The molecule has 144 valence electrons. The maximum Gasteiger partial charge on any atom is 0.253 e. The lowest BCUT2D eigenvalue weighted by Gasteiger charge is -2.21. The topological polar surface area (TPSA) is 58.2 Å². The van der Waals surface area contributed by atoms with Gasteiger partial charge < -0.3 is 10.6 Å². The van der Waals surface area contributed by atoms with Crippen molar-refractivity contribution in [2.75, 3.05) is 11.1 Å². The van der Waals surface area contributed by atoms with Crippen molar-refractivity contribution in [1.82, 2.24) is 5.32 Å². The molecular weight excluding hydrogens is 387 g/mol. The van der Waals surface area contributed by atoms with Crippen molar-refractivity contribution in [2.24, 2.45) is 0 Å². The van der Waals surface area contributed by atoms with Gasteiger partial charge in [0.2, 0.25) is 5.91 Å². The van der Waals surface area contributed by atoms with Crippen molar-refractivity contribution in [3.8, 4) is 0 Å². The van der Waals surface area contributed by atoms with Crippen molar-refractivity contribution >= 4 is 40.9 Å². The van der Waals surface area contributed by atoms with Crippen molar-refractivity contribution in [3.63, 3.8) is 0 Å². The Labute approximate surface area is 167 Å². The Balaban J connectivity index is 1.97. The first kappa shape index (κ1) is 21.3. The molecule has 2 amide bonds. The van der Waals surface area contributed by atoms with Crippen LogP contribution < -0.4 is 10.6 Å². The van der Waals surface area contributed by atoms with Gasteiger partial charge in [0.05, 0.1) is 17.0 Å². The molecule has 2 aromatic rings. The minimum absolute atomic E-state index is 0.111. The molecule has 2 aromatic carbocycles. The summed E-state index contributed by atoms with van der Waals surface area (Å²) in [6.45, 7) is 5.66. The fraction of sp³-hybridized carbons (Fsp3) is 0.300. The highest BCUT2D eigenvalue weighted by atomic mass is 35.5. The number of amides is 2. The largest absolute Gasteiger partial charge is 0.347 e. The smallest absolute Gasteiger partial charge is 0.253 e. The first-order valence-corrected chi connectivity index (χ1v) is 9.92. The van der Waals surface area contributed by atoms with E-state index in [4.69, 9.17) is 11.6 Å². The van der Waals surface area contributed by atoms with Gasteiger partial charge in [-0.15, -0.1) is 11.8 Å². The van der Waals surface area contributed by atoms with E-state index in [2.05, 4.69) is 10.6 Å². The number of carbonyl (C=O) groups is 2. The van der Waals surface area contributed by atoms with Gasteiger partial charge in [-0.05, 0) is 45.0 Å². The third kappa shape index (κ3) is 6.56. The van der Waals surface area contributed by atoms with Gasteiger partial charge >= 0.3 is 0 Å². The molecule has 0 spiro atoms. The second-order valence-electron chi connectivity index (χ2n) is 6.99. The molecule has 0 unspecified atom stereocenters.